The summed E-state index contributed by atoms with van der Waals surface area (Å²) in [5, 5.41) is 2.95. The van der Waals surface area contributed by atoms with Gasteiger partial charge in [0.2, 0.25) is 11.8 Å². The topological polar surface area (TPSA) is 49.4 Å². The van der Waals surface area contributed by atoms with Crippen LogP contribution in [-0.2, 0) is 9.59 Å². The average Bonchev–Trinajstić information content (AvgIpc) is 2.93. The molecule has 0 bridgehead atoms. The first kappa shape index (κ1) is 17.4. The summed E-state index contributed by atoms with van der Waals surface area (Å²) in [5.74, 6) is -0.455. The van der Waals surface area contributed by atoms with Crippen LogP contribution in [0.15, 0.2) is 46.9 Å². The Hall–Kier alpha value is -1.41. The summed E-state index contributed by atoms with van der Waals surface area (Å²) in [6, 6.07) is 13.4. The zero-order chi connectivity index (χ0) is 17.3. The monoisotopic (exact) mass is 498 g/mol. The molecule has 1 saturated heterocycles. The highest BCUT2D eigenvalue weighted by Crippen LogP contribution is 2.27. The summed E-state index contributed by atoms with van der Waals surface area (Å²) in [5.41, 5.74) is 2.64. The van der Waals surface area contributed by atoms with Gasteiger partial charge in [0, 0.05) is 32.4 Å². The first-order chi connectivity index (χ1) is 11.4. The predicted molar refractivity (Wildman–Crippen MR) is 107 cm³/mol. The lowest BCUT2D eigenvalue weighted by Crippen LogP contribution is -2.28. The van der Waals surface area contributed by atoms with Gasteiger partial charge in [0.05, 0.1) is 5.92 Å². The van der Waals surface area contributed by atoms with E-state index in [0.29, 0.717) is 6.54 Å². The first-order valence-electron chi connectivity index (χ1n) is 7.57. The molecule has 1 fully saturated rings. The van der Waals surface area contributed by atoms with E-state index < -0.39 is 0 Å². The summed E-state index contributed by atoms with van der Waals surface area (Å²) < 4.78 is 2.09. The molecule has 4 nitrogen and oxygen atoms in total. The Morgan fingerprint density at radius 2 is 1.96 bits per heavy atom. The lowest BCUT2D eigenvalue weighted by atomic mass is 10.1. The van der Waals surface area contributed by atoms with E-state index in [0.717, 1.165) is 25.0 Å². The van der Waals surface area contributed by atoms with Crippen molar-refractivity contribution in [2.45, 2.75) is 13.3 Å². The van der Waals surface area contributed by atoms with Gasteiger partial charge >= 0.3 is 0 Å². The molecule has 0 saturated carbocycles. The highest BCUT2D eigenvalue weighted by Gasteiger charge is 2.35. The maximum Gasteiger partial charge on any atom is 0.229 e. The van der Waals surface area contributed by atoms with Crippen LogP contribution in [0, 0.1) is 16.4 Å². The van der Waals surface area contributed by atoms with Crippen molar-refractivity contribution in [1.82, 2.24) is 0 Å². The second kappa shape index (κ2) is 7.23. The molecule has 6 heteroatoms. The predicted octanol–water partition coefficient (Wildman–Crippen LogP) is 4.35. The van der Waals surface area contributed by atoms with Crippen molar-refractivity contribution in [1.29, 1.82) is 0 Å². The third-order valence-corrected chi connectivity index (χ3v) is 5.28. The van der Waals surface area contributed by atoms with E-state index in [2.05, 4.69) is 43.8 Å². The summed E-state index contributed by atoms with van der Waals surface area (Å²) in [4.78, 5) is 26.5. The molecule has 2 amide bonds. The van der Waals surface area contributed by atoms with Gasteiger partial charge in [0.15, 0.2) is 0 Å². The number of amides is 2. The highest BCUT2D eigenvalue weighted by atomic mass is 127. The molecular formula is C18H16BrIN2O2. The van der Waals surface area contributed by atoms with Gasteiger partial charge in [-0.2, -0.15) is 0 Å². The van der Waals surface area contributed by atoms with Gasteiger partial charge in [-0.1, -0.05) is 15.9 Å². The first-order valence-corrected chi connectivity index (χ1v) is 9.44. The minimum absolute atomic E-state index is 0.0168. The Morgan fingerprint density at radius 1 is 1.25 bits per heavy atom. The third-order valence-electron chi connectivity index (χ3n) is 4.08. The van der Waals surface area contributed by atoms with E-state index >= 15 is 0 Å². The number of hydrogen-bond donors (Lipinski definition) is 1. The summed E-state index contributed by atoms with van der Waals surface area (Å²) in [6.45, 7) is 2.38. The summed E-state index contributed by atoms with van der Waals surface area (Å²) in [7, 11) is 0. The number of carbonyl (C=O) groups excluding carboxylic acids is 2. The SMILES string of the molecule is Cc1cc(I)ccc1NC(=O)[C@@H]1CC(=O)N(c2ccc(Br)cc2)C1. The molecule has 0 spiro atoms. The molecule has 1 heterocycles. The van der Waals surface area contributed by atoms with Crippen LogP contribution in [0.25, 0.3) is 0 Å². The average molecular weight is 499 g/mol. The van der Waals surface area contributed by atoms with Crippen LogP contribution in [0.3, 0.4) is 0 Å². The van der Waals surface area contributed by atoms with Crippen LogP contribution in [0.4, 0.5) is 11.4 Å². The molecule has 2 aromatic rings. The quantitative estimate of drug-likeness (QED) is 0.639. The lowest BCUT2D eigenvalue weighted by molar-refractivity contribution is -0.122. The number of benzene rings is 2. The number of halogens is 2. The molecule has 0 unspecified atom stereocenters. The maximum absolute atomic E-state index is 12.5. The van der Waals surface area contributed by atoms with Gasteiger partial charge in [0.25, 0.3) is 0 Å². The molecule has 0 aromatic heterocycles. The summed E-state index contributed by atoms with van der Waals surface area (Å²) >= 11 is 5.63. The molecule has 1 aliphatic heterocycles. The van der Waals surface area contributed by atoms with E-state index in [1.807, 2.05) is 49.4 Å². The van der Waals surface area contributed by atoms with Crippen LogP contribution >= 0.6 is 38.5 Å². The minimum atomic E-state index is -0.333. The lowest BCUT2D eigenvalue weighted by Gasteiger charge is -2.17. The van der Waals surface area contributed by atoms with Crippen molar-refractivity contribution in [2.75, 3.05) is 16.8 Å². The van der Waals surface area contributed by atoms with Crippen molar-refractivity contribution >= 4 is 61.7 Å². The Balaban J connectivity index is 1.70. The van der Waals surface area contributed by atoms with Crippen LogP contribution < -0.4 is 10.2 Å². The van der Waals surface area contributed by atoms with Gasteiger partial charge in [-0.25, -0.2) is 0 Å². The number of hydrogen-bond acceptors (Lipinski definition) is 2. The van der Waals surface area contributed by atoms with Gasteiger partial charge in [-0.3, -0.25) is 9.59 Å². The fourth-order valence-electron chi connectivity index (χ4n) is 2.76. The van der Waals surface area contributed by atoms with Gasteiger partial charge < -0.3 is 10.2 Å². The van der Waals surface area contributed by atoms with Crippen molar-refractivity contribution in [3.63, 3.8) is 0 Å². The normalized spacial score (nSPS) is 17.2. The zero-order valence-corrected chi connectivity index (χ0v) is 16.8. The number of aryl methyl sites for hydroxylation is 1. The fourth-order valence-corrected chi connectivity index (χ4v) is 3.67. The van der Waals surface area contributed by atoms with Crippen molar-refractivity contribution in [2.24, 2.45) is 5.92 Å². The van der Waals surface area contributed by atoms with Crippen LogP contribution in [0.2, 0.25) is 0 Å². The Labute approximate surface area is 162 Å². The summed E-state index contributed by atoms with van der Waals surface area (Å²) in [6.07, 6.45) is 0.241. The molecule has 124 valence electrons. The minimum Gasteiger partial charge on any atom is -0.326 e. The van der Waals surface area contributed by atoms with E-state index in [1.54, 1.807) is 4.90 Å². The molecule has 1 aliphatic rings. The Bertz CT molecular complexity index is 792. The van der Waals surface area contributed by atoms with E-state index in [4.69, 9.17) is 0 Å². The van der Waals surface area contributed by atoms with Crippen LogP contribution in [0.5, 0.6) is 0 Å². The number of carbonyl (C=O) groups is 2. The second-order valence-corrected chi connectivity index (χ2v) is 7.99. The molecule has 3 rings (SSSR count). The molecule has 1 atom stereocenters. The molecule has 0 radical (unpaired) electrons. The second-order valence-electron chi connectivity index (χ2n) is 5.83. The van der Waals surface area contributed by atoms with E-state index in [-0.39, 0.29) is 24.2 Å². The third kappa shape index (κ3) is 3.80. The number of anilines is 2. The van der Waals surface area contributed by atoms with Gasteiger partial charge in [0.1, 0.15) is 0 Å². The van der Waals surface area contributed by atoms with E-state index in [9.17, 15) is 9.59 Å². The smallest absolute Gasteiger partial charge is 0.229 e. The maximum atomic E-state index is 12.5. The van der Waals surface area contributed by atoms with Crippen LogP contribution in [0.1, 0.15) is 12.0 Å². The fraction of sp³-hybridized carbons (Fsp3) is 0.222. The number of rotatable bonds is 3. The Kier molecular flexibility index (Phi) is 5.24. The van der Waals surface area contributed by atoms with Crippen molar-refractivity contribution in [3.8, 4) is 0 Å². The molecule has 0 aliphatic carbocycles. The number of nitrogens with one attached hydrogen (secondary N) is 1. The highest BCUT2D eigenvalue weighted by molar-refractivity contribution is 14.1. The molecule has 24 heavy (non-hydrogen) atoms. The van der Waals surface area contributed by atoms with Crippen molar-refractivity contribution in [3.05, 3.63) is 56.1 Å². The molecule has 1 N–H and O–H groups in total. The molecule has 2 aromatic carbocycles. The van der Waals surface area contributed by atoms with Gasteiger partial charge in [-0.15, -0.1) is 0 Å². The Morgan fingerprint density at radius 3 is 2.62 bits per heavy atom. The standard InChI is InChI=1S/C18H16BrIN2O2/c1-11-8-14(20)4-7-16(11)21-18(24)12-9-17(23)22(10-12)15-5-2-13(19)3-6-15/h2-8,12H,9-10H2,1H3,(H,21,24)/t12-/m1/s1. The largest absolute Gasteiger partial charge is 0.326 e. The van der Waals surface area contributed by atoms with Crippen LogP contribution in [-0.4, -0.2) is 18.4 Å². The zero-order valence-electron chi connectivity index (χ0n) is 13.1. The van der Waals surface area contributed by atoms with Crippen molar-refractivity contribution < 1.29 is 9.59 Å². The van der Waals surface area contributed by atoms with Gasteiger partial charge in [-0.05, 0) is 77.5 Å². The molecular weight excluding hydrogens is 483 g/mol. The van der Waals surface area contributed by atoms with E-state index in [1.165, 1.54) is 0 Å². The number of nitrogens with zero attached hydrogens (tertiary/aromatic N) is 1.